The van der Waals surface area contributed by atoms with Gasteiger partial charge in [0.15, 0.2) is 0 Å². The molecule has 22 heavy (non-hydrogen) atoms. The van der Waals surface area contributed by atoms with E-state index < -0.39 is 0 Å². The summed E-state index contributed by atoms with van der Waals surface area (Å²) >= 11 is 0. The third kappa shape index (κ3) is 3.00. The Hall–Kier alpha value is -1.12. The predicted molar refractivity (Wildman–Crippen MR) is 90.0 cm³/mol. The Bertz CT molecular complexity index is 542. The molecule has 3 atom stereocenters. The van der Waals surface area contributed by atoms with Crippen LogP contribution in [0.5, 0.6) is 0 Å². The van der Waals surface area contributed by atoms with E-state index >= 15 is 0 Å². The molecule has 0 unspecified atom stereocenters. The van der Waals surface area contributed by atoms with Crippen LogP contribution in [-0.2, 0) is 6.54 Å². The largest absolute Gasteiger partial charge is 0.325 e. The lowest BCUT2D eigenvalue weighted by Gasteiger charge is -2.32. The van der Waals surface area contributed by atoms with Crippen molar-refractivity contribution in [3.8, 4) is 0 Å². The zero-order chi connectivity index (χ0) is 14.9. The first-order valence-electron chi connectivity index (χ1n) is 9.18. The number of benzene rings is 1. The van der Waals surface area contributed by atoms with Gasteiger partial charge in [-0.05, 0) is 37.2 Å². The van der Waals surface area contributed by atoms with Gasteiger partial charge in [0.25, 0.3) is 0 Å². The van der Waals surface area contributed by atoms with Gasteiger partial charge in [-0.1, -0.05) is 36.4 Å². The number of rotatable bonds is 4. The van der Waals surface area contributed by atoms with E-state index in [1.54, 1.807) is 10.5 Å². The Morgan fingerprint density at radius 2 is 1.73 bits per heavy atom. The number of piperazine rings is 1. The van der Waals surface area contributed by atoms with Gasteiger partial charge in [0.2, 0.25) is 0 Å². The molecule has 2 nitrogen and oxygen atoms in total. The van der Waals surface area contributed by atoms with Crippen LogP contribution in [0.2, 0.25) is 0 Å². The minimum atomic E-state index is 0.926. The van der Waals surface area contributed by atoms with E-state index in [2.05, 4.69) is 43.3 Å². The summed E-state index contributed by atoms with van der Waals surface area (Å²) < 4.78 is 0. The highest BCUT2D eigenvalue weighted by Gasteiger charge is 2.38. The number of hydrogen-bond acceptors (Lipinski definition) is 0. The van der Waals surface area contributed by atoms with Gasteiger partial charge < -0.3 is 9.80 Å². The van der Waals surface area contributed by atoms with E-state index in [1.807, 2.05) is 4.90 Å². The van der Waals surface area contributed by atoms with Crippen LogP contribution in [0.4, 0.5) is 0 Å². The highest BCUT2D eigenvalue weighted by atomic mass is 15.3. The maximum Gasteiger partial charge on any atom is 0.127 e. The molecule has 2 aliphatic carbocycles. The summed E-state index contributed by atoms with van der Waals surface area (Å²) in [5, 5.41) is 0. The number of hydrogen-bond donors (Lipinski definition) is 2. The van der Waals surface area contributed by atoms with E-state index in [-0.39, 0.29) is 0 Å². The van der Waals surface area contributed by atoms with E-state index in [4.69, 9.17) is 0 Å². The number of nitrogens with one attached hydrogen (secondary N) is 2. The molecular formula is C20H30N2+2. The minimum Gasteiger partial charge on any atom is -0.325 e. The van der Waals surface area contributed by atoms with Crippen LogP contribution in [0.1, 0.15) is 24.0 Å². The molecule has 3 aliphatic rings. The number of fused-ring (bicyclic) bond motifs is 2. The van der Waals surface area contributed by atoms with Crippen molar-refractivity contribution in [2.75, 3.05) is 32.7 Å². The van der Waals surface area contributed by atoms with Gasteiger partial charge in [0, 0.05) is 11.5 Å². The second-order valence-electron chi connectivity index (χ2n) is 7.85. The average Bonchev–Trinajstić information content (AvgIpc) is 3.14. The van der Waals surface area contributed by atoms with Crippen LogP contribution in [0, 0.1) is 24.7 Å². The maximum atomic E-state index is 2.51. The van der Waals surface area contributed by atoms with Crippen molar-refractivity contribution in [2.24, 2.45) is 17.8 Å². The first-order chi connectivity index (χ1) is 10.8. The average molecular weight is 298 g/mol. The zero-order valence-corrected chi connectivity index (χ0v) is 13.9. The van der Waals surface area contributed by atoms with E-state index in [0.717, 1.165) is 17.8 Å². The standard InChI is InChI=1S/C20H28N2/c1-16-4-2-3-5-19(16)14-21-8-10-22(11-9-21)15-20-13-17-6-7-18(20)12-17/h2-7,17-18,20H,8-15H2,1H3/p+2/t17-,18-,20+/m0/s1. The Morgan fingerprint density at radius 1 is 0.955 bits per heavy atom. The van der Waals surface area contributed by atoms with Crippen LogP contribution < -0.4 is 9.80 Å². The van der Waals surface area contributed by atoms with Crippen LogP contribution in [-0.4, -0.2) is 32.7 Å². The molecule has 2 N–H and O–H groups in total. The van der Waals surface area contributed by atoms with Crippen molar-refractivity contribution < 1.29 is 9.80 Å². The third-order valence-electron chi connectivity index (χ3n) is 6.33. The fraction of sp³-hybridized carbons (Fsp3) is 0.600. The molecule has 118 valence electrons. The maximum absolute atomic E-state index is 2.51. The molecule has 1 aliphatic heterocycles. The Balaban J connectivity index is 1.26. The molecule has 0 radical (unpaired) electrons. The molecular weight excluding hydrogens is 268 g/mol. The van der Waals surface area contributed by atoms with Gasteiger partial charge in [-0.2, -0.15) is 0 Å². The topological polar surface area (TPSA) is 8.88 Å². The lowest BCUT2D eigenvalue weighted by molar-refractivity contribution is -1.02. The Kier molecular flexibility index (Phi) is 4.06. The first kappa shape index (κ1) is 14.5. The Morgan fingerprint density at radius 3 is 2.41 bits per heavy atom. The summed E-state index contributed by atoms with van der Waals surface area (Å²) in [7, 11) is 0. The summed E-state index contributed by atoms with van der Waals surface area (Å²) in [6, 6.07) is 8.90. The van der Waals surface area contributed by atoms with Crippen molar-refractivity contribution in [1.82, 2.24) is 0 Å². The van der Waals surface area contributed by atoms with E-state index in [1.165, 1.54) is 57.7 Å². The lowest BCUT2D eigenvalue weighted by atomic mass is 9.93. The molecule has 1 saturated heterocycles. The normalized spacial score (nSPS) is 36.9. The van der Waals surface area contributed by atoms with Crippen molar-refractivity contribution in [1.29, 1.82) is 0 Å². The molecule has 0 amide bonds. The van der Waals surface area contributed by atoms with E-state index in [9.17, 15) is 0 Å². The molecule has 2 bridgehead atoms. The second kappa shape index (κ2) is 6.17. The quantitative estimate of drug-likeness (QED) is 0.749. The van der Waals surface area contributed by atoms with Crippen LogP contribution in [0.25, 0.3) is 0 Å². The van der Waals surface area contributed by atoms with Crippen molar-refractivity contribution in [2.45, 2.75) is 26.3 Å². The van der Waals surface area contributed by atoms with Gasteiger partial charge in [0.1, 0.15) is 32.7 Å². The summed E-state index contributed by atoms with van der Waals surface area (Å²) in [4.78, 5) is 3.66. The predicted octanol–water partition coefficient (Wildman–Crippen LogP) is 0.491. The molecule has 1 saturated carbocycles. The van der Waals surface area contributed by atoms with Gasteiger partial charge in [-0.15, -0.1) is 0 Å². The molecule has 4 rings (SSSR count). The van der Waals surface area contributed by atoms with Gasteiger partial charge in [-0.3, -0.25) is 0 Å². The molecule has 1 heterocycles. The van der Waals surface area contributed by atoms with Crippen molar-refractivity contribution in [3.05, 3.63) is 47.5 Å². The highest BCUT2D eigenvalue weighted by molar-refractivity contribution is 5.24. The molecule has 1 aromatic rings. The minimum absolute atomic E-state index is 0.926. The lowest BCUT2D eigenvalue weighted by Crippen LogP contribution is -3.27. The molecule has 2 heteroatoms. The number of aryl methyl sites for hydroxylation is 1. The summed E-state index contributed by atoms with van der Waals surface area (Å²) in [5.74, 6) is 2.85. The van der Waals surface area contributed by atoms with Crippen LogP contribution in [0.3, 0.4) is 0 Å². The van der Waals surface area contributed by atoms with Gasteiger partial charge in [0.05, 0.1) is 6.54 Å². The summed E-state index contributed by atoms with van der Waals surface area (Å²) in [6.45, 7) is 10.3. The molecule has 2 fully saturated rings. The highest BCUT2D eigenvalue weighted by Crippen LogP contribution is 2.42. The SMILES string of the molecule is Cc1ccccc1C[NH+]1CC[NH+](C[C@H]2C[C@H]3C=C[C@H]2C3)CC1. The van der Waals surface area contributed by atoms with Crippen LogP contribution >= 0.6 is 0 Å². The zero-order valence-electron chi connectivity index (χ0n) is 13.9. The van der Waals surface area contributed by atoms with Gasteiger partial charge >= 0.3 is 0 Å². The molecule has 0 aromatic heterocycles. The smallest absolute Gasteiger partial charge is 0.127 e. The molecule has 1 aromatic carbocycles. The monoisotopic (exact) mass is 298 g/mol. The van der Waals surface area contributed by atoms with Crippen molar-refractivity contribution in [3.63, 3.8) is 0 Å². The fourth-order valence-corrected chi connectivity index (χ4v) is 4.92. The summed E-state index contributed by atoms with van der Waals surface area (Å²) in [5.41, 5.74) is 3.00. The Labute approximate surface area is 134 Å². The third-order valence-corrected chi connectivity index (χ3v) is 6.33. The second-order valence-corrected chi connectivity index (χ2v) is 7.85. The number of quaternary nitrogens is 2. The van der Waals surface area contributed by atoms with Crippen molar-refractivity contribution >= 4 is 0 Å². The number of allylic oxidation sites excluding steroid dienone is 2. The fourth-order valence-electron chi connectivity index (χ4n) is 4.92. The van der Waals surface area contributed by atoms with Gasteiger partial charge in [-0.25, -0.2) is 0 Å². The first-order valence-corrected chi connectivity index (χ1v) is 9.18. The molecule has 0 spiro atoms. The van der Waals surface area contributed by atoms with E-state index in [0.29, 0.717) is 0 Å². The summed E-state index contributed by atoms with van der Waals surface area (Å²) in [6.07, 6.45) is 7.92. The van der Waals surface area contributed by atoms with Crippen LogP contribution in [0.15, 0.2) is 36.4 Å².